The number of nitrogens with zero attached hydrogens (tertiary/aromatic N) is 1. The lowest BCUT2D eigenvalue weighted by Gasteiger charge is -2.42. The maximum atomic E-state index is 13.1. The van der Waals surface area contributed by atoms with Crippen LogP contribution < -0.4 is 10.6 Å². The van der Waals surface area contributed by atoms with Crippen molar-refractivity contribution in [3.05, 3.63) is 0 Å². The molecule has 3 amide bonds. The Morgan fingerprint density at radius 2 is 1.51 bits per heavy atom. The highest BCUT2D eigenvalue weighted by Crippen LogP contribution is 2.25. The fourth-order valence-electron chi connectivity index (χ4n) is 4.96. The largest absolute Gasteiger partial charge is 0.394 e. The van der Waals surface area contributed by atoms with Gasteiger partial charge in [-0.3, -0.25) is 14.4 Å². The quantitative estimate of drug-likeness (QED) is 0.0875. The number of rotatable bonds is 15. The fourth-order valence-corrected chi connectivity index (χ4v) is 4.96. The molecule has 0 unspecified atom stereocenters. The van der Waals surface area contributed by atoms with Gasteiger partial charge >= 0.3 is 0 Å². The average molecular weight is 594 g/mol. The van der Waals surface area contributed by atoms with E-state index in [1.54, 1.807) is 6.92 Å². The van der Waals surface area contributed by atoms with Gasteiger partial charge < -0.3 is 60.4 Å². The fraction of sp³-hybridized carbons (Fsp3) is 0.885. The number of aliphatic hydroxyl groups excluding tert-OH is 6. The standard InChI is InChI=1S/C26H47N3O12/c1-14-21(34)25(38)22(35)16(40-14)7-6-10-29(19(33)9-5-4-8-18(32)27-3)11-12-39-26-20(28-15(2)31)24(37)23(36)17(13-30)41-26/h14,16-17,20-26,30,34-38H,4-13H2,1-3H3,(H,27,32)(H,28,31)/t14-,16-,17+,20+,21+,22+,23+,24+,25+,26+/m0/s1. The van der Waals surface area contributed by atoms with Crippen LogP contribution >= 0.6 is 0 Å². The molecule has 0 spiro atoms. The van der Waals surface area contributed by atoms with Crippen LogP contribution in [0.5, 0.6) is 0 Å². The molecule has 0 aliphatic carbocycles. The number of unbranched alkanes of at least 4 members (excludes halogenated alkanes) is 1. The van der Waals surface area contributed by atoms with Crippen LogP contribution in [0.1, 0.15) is 52.4 Å². The van der Waals surface area contributed by atoms with Gasteiger partial charge in [0.1, 0.15) is 42.7 Å². The molecule has 2 rings (SSSR count). The highest BCUT2D eigenvalue weighted by atomic mass is 16.7. The van der Waals surface area contributed by atoms with E-state index in [-0.39, 0.29) is 37.9 Å². The van der Waals surface area contributed by atoms with Gasteiger partial charge in [0.2, 0.25) is 17.7 Å². The van der Waals surface area contributed by atoms with Gasteiger partial charge in [0.25, 0.3) is 0 Å². The van der Waals surface area contributed by atoms with Crippen molar-refractivity contribution in [2.24, 2.45) is 0 Å². The molecular formula is C26H47N3O12. The van der Waals surface area contributed by atoms with Gasteiger partial charge in [-0.25, -0.2) is 0 Å². The van der Waals surface area contributed by atoms with Crippen LogP contribution in [0.3, 0.4) is 0 Å². The smallest absolute Gasteiger partial charge is 0.222 e. The first-order valence-corrected chi connectivity index (χ1v) is 14.1. The third-order valence-electron chi connectivity index (χ3n) is 7.44. The molecule has 10 atom stereocenters. The van der Waals surface area contributed by atoms with Gasteiger partial charge in [0.05, 0.1) is 25.4 Å². The molecule has 2 aliphatic rings. The van der Waals surface area contributed by atoms with Crippen LogP contribution in [0.15, 0.2) is 0 Å². The third kappa shape index (κ3) is 10.4. The number of hydrogen-bond donors (Lipinski definition) is 8. The van der Waals surface area contributed by atoms with E-state index >= 15 is 0 Å². The summed E-state index contributed by atoms with van der Waals surface area (Å²) in [6.07, 6.45) is -8.36. The Kier molecular flexibility index (Phi) is 14.8. The molecule has 0 aromatic carbocycles. The molecule has 0 radical (unpaired) electrons. The zero-order chi connectivity index (χ0) is 30.7. The molecule has 15 nitrogen and oxygen atoms in total. The Balaban J connectivity index is 2.00. The van der Waals surface area contributed by atoms with E-state index in [0.29, 0.717) is 32.1 Å². The minimum absolute atomic E-state index is 0.0732. The first-order chi connectivity index (χ1) is 19.4. The number of amides is 3. The van der Waals surface area contributed by atoms with E-state index in [1.165, 1.54) is 18.9 Å². The van der Waals surface area contributed by atoms with E-state index in [2.05, 4.69) is 10.6 Å². The molecule has 2 saturated heterocycles. The third-order valence-corrected chi connectivity index (χ3v) is 7.44. The monoisotopic (exact) mass is 593 g/mol. The molecule has 41 heavy (non-hydrogen) atoms. The average Bonchev–Trinajstić information content (AvgIpc) is 2.94. The Morgan fingerprint density at radius 3 is 2.15 bits per heavy atom. The zero-order valence-electron chi connectivity index (χ0n) is 23.9. The Morgan fingerprint density at radius 1 is 0.854 bits per heavy atom. The van der Waals surface area contributed by atoms with Crippen molar-refractivity contribution in [2.75, 3.05) is 33.4 Å². The van der Waals surface area contributed by atoms with Gasteiger partial charge in [0.15, 0.2) is 6.29 Å². The lowest BCUT2D eigenvalue weighted by molar-refractivity contribution is -0.270. The molecule has 0 saturated carbocycles. The molecule has 0 bridgehead atoms. The Hall–Kier alpha value is -1.95. The second-order valence-electron chi connectivity index (χ2n) is 10.6. The highest BCUT2D eigenvalue weighted by Gasteiger charge is 2.45. The minimum Gasteiger partial charge on any atom is -0.394 e. The van der Waals surface area contributed by atoms with Crippen molar-refractivity contribution in [1.82, 2.24) is 15.5 Å². The van der Waals surface area contributed by atoms with Crippen molar-refractivity contribution in [2.45, 2.75) is 114 Å². The van der Waals surface area contributed by atoms with Gasteiger partial charge in [0, 0.05) is 39.9 Å². The summed E-state index contributed by atoms with van der Waals surface area (Å²) in [7, 11) is 1.54. The summed E-state index contributed by atoms with van der Waals surface area (Å²) in [5.74, 6) is -0.815. The molecule has 2 fully saturated rings. The summed E-state index contributed by atoms with van der Waals surface area (Å²) in [6.45, 7) is 2.50. The normalized spacial score (nSPS) is 33.7. The van der Waals surface area contributed by atoms with Crippen LogP contribution in [-0.4, -0.2) is 148 Å². The first kappa shape index (κ1) is 35.2. The number of aliphatic hydroxyl groups is 6. The van der Waals surface area contributed by atoms with Crippen LogP contribution in [0.4, 0.5) is 0 Å². The van der Waals surface area contributed by atoms with Crippen molar-refractivity contribution in [3.63, 3.8) is 0 Å². The van der Waals surface area contributed by atoms with Crippen LogP contribution in [0, 0.1) is 0 Å². The number of hydrogen-bond acceptors (Lipinski definition) is 12. The highest BCUT2D eigenvalue weighted by molar-refractivity contribution is 5.77. The van der Waals surface area contributed by atoms with Gasteiger partial charge in [-0.05, 0) is 32.6 Å². The lowest BCUT2D eigenvalue weighted by Crippen LogP contribution is -2.64. The molecule has 8 N–H and O–H groups in total. The van der Waals surface area contributed by atoms with Crippen molar-refractivity contribution in [3.8, 4) is 0 Å². The zero-order valence-corrected chi connectivity index (χ0v) is 23.9. The first-order valence-electron chi connectivity index (χ1n) is 14.1. The van der Waals surface area contributed by atoms with Crippen molar-refractivity contribution >= 4 is 17.7 Å². The second-order valence-corrected chi connectivity index (χ2v) is 10.6. The maximum Gasteiger partial charge on any atom is 0.222 e. The van der Waals surface area contributed by atoms with E-state index in [0.717, 1.165) is 0 Å². The second kappa shape index (κ2) is 17.2. The van der Waals surface area contributed by atoms with Crippen molar-refractivity contribution in [1.29, 1.82) is 0 Å². The molecule has 0 aromatic rings. The molecule has 0 aromatic heterocycles. The lowest BCUT2D eigenvalue weighted by atomic mass is 9.93. The van der Waals surface area contributed by atoms with E-state index in [4.69, 9.17) is 14.2 Å². The van der Waals surface area contributed by atoms with Crippen LogP contribution in [-0.2, 0) is 28.6 Å². The number of nitrogens with one attached hydrogen (secondary N) is 2. The van der Waals surface area contributed by atoms with Gasteiger partial charge in [-0.1, -0.05) is 0 Å². The topological polar surface area (TPSA) is 228 Å². The van der Waals surface area contributed by atoms with E-state index < -0.39 is 73.7 Å². The minimum atomic E-state index is -1.47. The summed E-state index contributed by atoms with van der Waals surface area (Å²) in [4.78, 5) is 37.7. The van der Waals surface area contributed by atoms with E-state index in [9.17, 15) is 45.0 Å². The van der Waals surface area contributed by atoms with E-state index in [1.807, 2.05) is 0 Å². The summed E-state index contributed by atoms with van der Waals surface area (Å²) in [5, 5.41) is 65.4. The molecule has 15 heteroatoms. The Labute approximate surface area is 239 Å². The number of carbonyl (C=O) groups is 3. The number of ether oxygens (including phenoxy) is 3. The maximum absolute atomic E-state index is 13.1. The summed E-state index contributed by atoms with van der Waals surface area (Å²) >= 11 is 0. The summed E-state index contributed by atoms with van der Waals surface area (Å²) in [5.41, 5.74) is 0. The van der Waals surface area contributed by atoms with Crippen molar-refractivity contribution < 1.29 is 59.2 Å². The predicted molar refractivity (Wildman–Crippen MR) is 142 cm³/mol. The van der Waals surface area contributed by atoms with Crippen LogP contribution in [0.25, 0.3) is 0 Å². The molecular weight excluding hydrogens is 546 g/mol. The van der Waals surface area contributed by atoms with Gasteiger partial charge in [-0.15, -0.1) is 0 Å². The predicted octanol–water partition coefficient (Wildman–Crippen LogP) is -3.27. The Bertz CT molecular complexity index is 836. The molecule has 2 heterocycles. The van der Waals surface area contributed by atoms with Crippen LogP contribution in [0.2, 0.25) is 0 Å². The SMILES string of the molecule is CNC(=O)CCCCC(=O)N(CCC[C@@H]1O[C@@H](C)[C@@H](O)[C@@H](O)[C@@H]1O)CCO[C@@H]1O[C@H](CO)[C@@H](O)[C@H](O)[C@H]1NC(C)=O. The molecule has 238 valence electrons. The summed E-state index contributed by atoms with van der Waals surface area (Å²) < 4.78 is 17.0. The molecule has 2 aliphatic heterocycles. The number of carbonyl (C=O) groups excluding carboxylic acids is 3. The summed E-state index contributed by atoms with van der Waals surface area (Å²) in [6, 6.07) is -1.12. The van der Waals surface area contributed by atoms with Gasteiger partial charge in [-0.2, -0.15) is 0 Å².